The van der Waals surface area contributed by atoms with Gasteiger partial charge < -0.3 is 20.0 Å². The summed E-state index contributed by atoms with van der Waals surface area (Å²) < 4.78 is 4.88. The third-order valence-corrected chi connectivity index (χ3v) is 10.8. The largest absolute Gasteiger partial charge is 0.467 e. The van der Waals surface area contributed by atoms with Crippen LogP contribution >= 0.6 is 0 Å². The van der Waals surface area contributed by atoms with Crippen molar-refractivity contribution in [3.05, 3.63) is 47.5 Å². The molecule has 0 aliphatic heterocycles. The van der Waals surface area contributed by atoms with E-state index in [2.05, 4.69) is 36.3 Å². The second-order valence-electron chi connectivity index (χ2n) is 12.7. The molecular weight excluding hydrogens is 504 g/mol. The van der Waals surface area contributed by atoms with Gasteiger partial charge in [-0.25, -0.2) is 4.79 Å². The number of hydrogen-bond donors (Lipinski definition) is 2. The summed E-state index contributed by atoms with van der Waals surface area (Å²) in [5.74, 6) is 3.49. The number of ether oxygens (including phenoxy) is 1. The summed E-state index contributed by atoms with van der Waals surface area (Å²) in [7, 11) is 1.31. The Kier molecular flexibility index (Phi) is 7.85. The van der Waals surface area contributed by atoms with Crippen molar-refractivity contribution in [1.29, 1.82) is 0 Å². The highest BCUT2D eigenvalue weighted by Crippen LogP contribution is 2.67. The van der Waals surface area contributed by atoms with Crippen LogP contribution in [0.2, 0.25) is 0 Å². The molecule has 5 rings (SSSR count). The molecule has 7 atom stereocenters. The molecule has 4 aliphatic rings. The Hall–Kier alpha value is -3.11. The second kappa shape index (κ2) is 11.0. The zero-order chi connectivity index (χ0) is 28.5. The SMILES string of the molecule is C#C[C@@]1(O)CC[C@H]2[C@@H]3CCC4=C/C(=N\OCC(=O)NC(Cc5ccccc5)C(=O)OC)CC[C@]4(C)[C@H]3CC[C@@]21C. The van der Waals surface area contributed by atoms with Crippen LogP contribution in [0.25, 0.3) is 0 Å². The van der Waals surface area contributed by atoms with Gasteiger partial charge in [-0.3, -0.25) is 4.79 Å². The topological polar surface area (TPSA) is 97.2 Å². The molecule has 0 spiro atoms. The Morgan fingerprint density at radius 1 is 1.12 bits per heavy atom. The van der Waals surface area contributed by atoms with E-state index in [1.165, 1.54) is 12.7 Å². The van der Waals surface area contributed by atoms with Crippen molar-refractivity contribution in [3.8, 4) is 12.3 Å². The summed E-state index contributed by atoms with van der Waals surface area (Å²) in [6.45, 7) is 4.36. The van der Waals surface area contributed by atoms with Crippen molar-refractivity contribution in [2.24, 2.45) is 33.7 Å². The number of methoxy groups -OCH3 is 1. The fourth-order valence-electron chi connectivity index (χ4n) is 8.49. The maximum absolute atomic E-state index is 12.6. The number of terminal acetylenes is 1. The number of oxime groups is 1. The van der Waals surface area contributed by atoms with Crippen molar-refractivity contribution < 1.29 is 24.3 Å². The zero-order valence-corrected chi connectivity index (χ0v) is 23.9. The lowest BCUT2D eigenvalue weighted by molar-refractivity contribution is -0.145. The van der Waals surface area contributed by atoms with Crippen LogP contribution in [0.4, 0.5) is 0 Å². The molecule has 7 nitrogen and oxygen atoms in total. The predicted octanol–water partition coefficient (Wildman–Crippen LogP) is 4.59. The van der Waals surface area contributed by atoms with E-state index in [1.807, 2.05) is 30.3 Å². The number of nitrogens with one attached hydrogen (secondary N) is 1. The summed E-state index contributed by atoms with van der Waals surface area (Å²) in [6, 6.07) is 8.69. The van der Waals surface area contributed by atoms with Gasteiger partial charge in [0.15, 0.2) is 6.61 Å². The molecule has 1 aromatic rings. The third-order valence-electron chi connectivity index (χ3n) is 10.8. The van der Waals surface area contributed by atoms with Gasteiger partial charge in [0.05, 0.1) is 12.8 Å². The number of amides is 1. The van der Waals surface area contributed by atoms with Gasteiger partial charge in [0.1, 0.15) is 11.6 Å². The van der Waals surface area contributed by atoms with E-state index in [1.54, 1.807) is 0 Å². The van der Waals surface area contributed by atoms with Crippen molar-refractivity contribution in [2.75, 3.05) is 13.7 Å². The molecule has 1 amide bonds. The Bertz CT molecular complexity index is 1230. The summed E-state index contributed by atoms with van der Waals surface area (Å²) in [5.41, 5.74) is 2.15. The molecule has 0 saturated heterocycles. The molecule has 0 aromatic heterocycles. The highest BCUT2D eigenvalue weighted by atomic mass is 16.6. The molecule has 3 fully saturated rings. The lowest BCUT2D eigenvalue weighted by Gasteiger charge is -2.58. The van der Waals surface area contributed by atoms with Gasteiger partial charge in [0.2, 0.25) is 0 Å². The van der Waals surface area contributed by atoms with Crippen LogP contribution in [0.1, 0.15) is 70.8 Å². The minimum absolute atomic E-state index is 0.114. The van der Waals surface area contributed by atoms with Crippen LogP contribution < -0.4 is 5.32 Å². The normalized spacial score (nSPS) is 36.2. The van der Waals surface area contributed by atoms with Crippen molar-refractivity contribution >= 4 is 17.6 Å². The fourth-order valence-corrected chi connectivity index (χ4v) is 8.49. The van der Waals surface area contributed by atoms with E-state index >= 15 is 0 Å². The second-order valence-corrected chi connectivity index (χ2v) is 12.7. The molecule has 214 valence electrons. The zero-order valence-electron chi connectivity index (χ0n) is 23.9. The molecule has 2 N–H and O–H groups in total. The standard InChI is InChI=1S/C33H42N2O5/c1-5-33(38)18-15-27-25-12-11-23-20-24(13-16-31(23,2)26(25)14-17-32(27,33)3)35-40-21-29(36)34-28(30(37)39-4)19-22-9-7-6-8-10-22/h1,6-10,20,25-28,38H,11-19,21H2,2-4H3,(H,34,36)/b35-24-/t25-,26+,27+,28?,31+,32+,33-/m1/s1. The van der Waals surface area contributed by atoms with Crippen LogP contribution in [0.3, 0.4) is 0 Å². The lowest BCUT2D eigenvalue weighted by atomic mass is 9.46. The van der Waals surface area contributed by atoms with Gasteiger partial charge in [-0.1, -0.05) is 60.8 Å². The summed E-state index contributed by atoms with van der Waals surface area (Å²) in [4.78, 5) is 30.3. The molecule has 0 radical (unpaired) electrons. The molecule has 4 aliphatic carbocycles. The summed E-state index contributed by atoms with van der Waals surface area (Å²) in [5, 5.41) is 18.2. The van der Waals surface area contributed by atoms with Gasteiger partial charge >= 0.3 is 5.97 Å². The van der Waals surface area contributed by atoms with Crippen LogP contribution in [0.15, 0.2) is 47.1 Å². The van der Waals surface area contributed by atoms with Gasteiger partial charge in [-0.2, -0.15) is 0 Å². The quantitative estimate of drug-likeness (QED) is 0.296. The Morgan fingerprint density at radius 2 is 1.88 bits per heavy atom. The first kappa shape index (κ1) is 28.4. The molecule has 0 bridgehead atoms. The van der Waals surface area contributed by atoms with E-state index in [-0.39, 0.29) is 17.4 Å². The number of nitrogens with zero attached hydrogens (tertiary/aromatic N) is 1. The first-order valence-electron chi connectivity index (χ1n) is 14.6. The molecule has 1 unspecified atom stereocenters. The minimum atomic E-state index is -0.978. The molecule has 3 saturated carbocycles. The van der Waals surface area contributed by atoms with Crippen LogP contribution in [0, 0.1) is 40.9 Å². The lowest BCUT2D eigenvalue weighted by Crippen LogP contribution is -2.54. The van der Waals surface area contributed by atoms with E-state index in [4.69, 9.17) is 16.0 Å². The summed E-state index contributed by atoms with van der Waals surface area (Å²) >= 11 is 0. The number of esters is 1. The van der Waals surface area contributed by atoms with E-state index < -0.39 is 23.5 Å². The van der Waals surface area contributed by atoms with Crippen molar-refractivity contribution in [3.63, 3.8) is 0 Å². The van der Waals surface area contributed by atoms with E-state index in [0.717, 1.165) is 56.2 Å². The molecule has 1 aromatic carbocycles. The van der Waals surface area contributed by atoms with Crippen LogP contribution in [-0.2, 0) is 25.6 Å². The number of hydrogen-bond acceptors (Lipinski definition) is 6. The highest BCUT2D eigenvalue weighted by molar-refractivity contribution is 5.96. The van der Waals surface area contributed by atoms with E-state index in [0.29, 0.717) is 30.6 Å². The van der Waals surface area contributed by atoms with Gasteiger partial charge in [-0.15, -0.1) is 6.42 Å². The average Bonchev–Trinajstić information content (AvgIpc) is 3.23. The van der Waals surface area contributed by atoms with Gasteiger partial charge in [0, 0.05) is 11.8 Å². The molecule has 7 heteroatoms. The maximum atomic E-state index is 12.6. The van der Waals surface area contributed by atoms with Gasteiger partial charge in [-0.05, 0) is 86.2 Å². The van der Waals surface area contributed by atoms with E-state index in [9.17, 15) is 14.7 Å². The first-order chi connectivity index (χ1) is 19.1. The molecule has 0 heterocycles. The maximum Gasteiger partial charge on any atom is 0.328 e. The van der Waals surface area contributed by atoms with Crippen molar-refractivity contribution in [1.82, 2.24) is 5.32 Å². The molecule has 40 heavy (non-hydrogen) atoms. The first-order valence-corrected chi connectivity index (χ1v) is 14.6. The number of carbonyl (C=O) groups is 2. The third kappa shape index (κ3) is 4.96. The Morgan fingerprint density at radius 3 is 2.60 bits per heavy atom. The minimum Gasteiger partial charge on any atom is -0.467 e. The Labute approximate surface area is 237 Å². The van der Waals surface area contributed by atoms with Crippen molar-refractivity contribution in [2.45, 2.75) is 83.3 Å². The number of allylic oxidation sites excluding steroid dienone is 2. The number of fused-ring (bicyclic) bond motifs is 5. The smallest absolute Gasteiger partial charge is 0.328 e. The van der Waals surface area contributed by atoms with Crippen LogP contribution in [-0.4, -0.2) is 48.1 Å². The monoisotopic (exact) mass is 546 g/mol. The number of benzene rings is 1. The highest BCUT2D eigenvalue weighted by Gasteiger charge is 2.63. The fraction of sp³-hybridized carbons (Fsp3) is 0.606. The molecular formula is C33H42N2O5. The Balaban J connectivity index is 1.20. The van der Waals surface area contributed by atoms with Gasteiger partial charge in [0.25, 0.3) is 5.91 Å². The predicted molar refractivity (Wildman–Crippen MR) is 153 cm³/mol. The number of rotatable bonds is 7. The number of carbonyl (C=O) groups excluding carboxylic acids is 2. The summed E-state index contributed by atoms with van der Waals surface area (Å²) in [6.07, 6.45) is 16.0. The van der Waals surface area contributed by atoms with Crippen LogP contribution in [0.5, 0.6) is 0 Å². The number of aliphatic hydroxyl groups is 1. The average molecular weight is 547 g/mol.